The predicted octanol–water partition coefficient (Wildman–Crippen LogP) is 2.48. The van der Waals surface area contributed by atoms with Crippen LogP contribution in [0.4, 0.5) is 0 Å². The van der Waals surface area contributed by atoms with Crippen LogP contribution in [0.25, 0.3) is 0 Å². The topological polar surface area (TPSA) is 49.3 Å². The Morgan fingerprint density at radius 2 is 1.65 bits per heavy atom. The number of amides is 1. The van der Waals surface area contributed by atoms with Crippen LogP contribution in [-0.4, -0.2) is 23.7 Å². The van der Waals surface area contributed by atoms with Crippen molar-refractivity contribution in [3.05, 3.63) is 0 Å². The Kier molecular flexibility index (Phi) is 3.10. The van der Waals surface area contributed by atoms with E-state index in [4.69, 9.17) is 0 Å². The first-order valence-electron chi connectivity index (χ1n) is 8.60. The summed E-state index contributed by atoms with van der Waals surface area (Å²) < 4.78 is 0. The quantitative estimate of drug-likeness (QED) is 0.832. The molecule has 0 radical (unpaired) electrons. The monoisotopic (exact) mass is 277 g/mol. The maximum atomic E-state index is 12.9. The normalized spacial score (nSPS) is 49.5. The molecule has 2 atom stereocenters. The molecule has 3 heteroatoms. The molecule has 5 aliphatic carbocycles. The van der Waals surface area contributed by atoms with Crippen LogP contribution in [0.2, 0.25) is 0 Å². The molecule has 0 heterocycles. The second-order valence-electron chi connectivity index (χ2n) is 8.15. The Morgan fingerprint density at radius 3 is 2.20 bits per heavy atom. The van der Waals surface area contributed by atoms with Crippen molar-refractivity contribution in [1.82, 2.24) is 5.32 Å². The number of aliphatic hydroxyl groups is 1. The minimum absolute atomic E-state index is 0.0304. The van der Waals surface area contributed by atoms with E-state index < -0.39 is 0 Å². The lowest BCUT2D eigenvalue weighted by molar-refractivity contribution is -0.147. The average molecular weight is 277 g/mol. The van der Waals surface area contributed by atoms with Crippen LogP contribution in [0.15, 0.2) is 0 Å². The molecular weight excluding hydrogens is 250 g/mol. The summed E-state index contributed by atoms with van der Waals surface area (Å²) in [5.41, 5.74) is -0.0304. The van der Waals surface area contributed by atoms with Gasteiger partial charge in [0.1, 0.15) is 0 Å². The smallest absolute Gasteiger partial charge is 0.226 e. The van der Waals surface area contributed by atoms with E-state index in [1.807, 2.05) is 0 Å². The third-order valence-electron chi connectivity index (χ3n) is 6.73. The number of rotatable bonds is 3. The zero-order chi connectivity index (χ0) is 13.7. The summed E-state index contributed by atoms with van der Waals surface area (Å²) in [6, 6.07) is 0.237. The van der Waals surface area contributed by atoms with Crippen molar-refractivity contribution < 1.29 is 9.90 Å². The van der Waals surface area contributed by atoms with E-state index >= 15 is 0 Å². The third-order valence-corrected chi connectivity index (χ3v) is 6.73. The minimum Gasteiger partial charge on any atom is -0.396 e. The molecule has 0 saturated heterocycles. The Hall–Kier alpha value is -0.570. The molecule has 2 N–H and O–H groups in total. The minimum atomic E-state index is -0.0304. The van der Waals surface area contributed by atoms with Gasteiger partial charge in [0.2, 0.25) is 5.91 Å². The van der Waals surface area contributed by atoms with Crippen LogP contribution < -0.4 is 5.32 Å². The van der Waals surface area contributed by atoms with Gasteiger partial charge in [0.05, 0.1) is 0 Å². The van der Waals surface area contributed by atoms with Gasteiger partial charge in [-0.25, -0.2) is 0 Å². The van der Waals surface area contributed by atoms with Crippen LogP contribution in [0.1, 0.15) is 57.8 Å². The van der Waals surface area contributed by atoms with E-state index in [0.29, 0.717) is 11.8 Å². The summed E-state index contributed by atoms with van der Waals surface area (Å²) in [5.74, 6) is 3.10. The van der Waals surface area contributed by atoms with Gasteiger partial charge in [-0.05, 0) is 69.1 Å². The lowest BCUT2D eigenvalue weighted by Gasteiger charge is -2.55. The highest BCUT2D eigenvalue weighted by Crippen LogP contribution is 2.60. The Labute approximate surface area is 121 Å². The molecule has 0 aromatic carbocycles. The van der Waals surface area contributed by atoms with Gasteiger partial charge >= 0.3 is 0 Å². The standard InChI is InChI=1S/C17H27NO2/c19-10-14-2-1-3-15(14)18-16(20)17-7-11-4-12(8-17)6-13(5-11)9-17/h11-15,19H,1-10H2,(H,18,20). The van der Waals surface area contributed by atoms with Crippen LogP contribution in [-0.2, 0) is 4.79 Å². The molecule has 3 nitrogen and oxygen atoms in total. The van der Waals surface area contributed by atoms with Crippen LogP contribution in [0.5, 0.6) is 0 Å². The molecule has 20 heavy (non-hydrogen) atoms. The van der Waals surface area contributed by atoms with E-state index in [1.54, 1.807) is 0 Å². The maximum absolute atomic E-state index is 12.9. The molecule has 2 unspecified atom stereocenters. The van der Waals surface area contributed by atoms with Gasteiger partial charge in [-0.3, -0.25) is 4.79 Å². The second-order valence-corrected chi connectivity index (χ2v) is 8.15. The highest BCUT2D eigenvalue weighted by Gasteiger charge is 2.54. The van der Waals surface area contributed by atoms with Gasteiger partial charge in [-0.1, -0.05) is 6.42 Å². The number of carbonyl (C=O) groups is 1. The molecule has 0 spiro atoms. The van der Waals surface area contributed by atoms with Gasteiger partial charge < -0.3 is 10.4 Å². The summed E-state index contributed by atoms with van der Waals surface area (Å²) in [6.45, 7) is 0.228. The molecule has 112 valence electrons. The fourth-order valence-corrected chi connectivity index (χ4v) is 6.16. The van der Waals surface area contributed by atoms with Gasteiger partial charge in [0.25, 0.3) is 0 Å². The zero-order valence-electron chi connectivity index (χ0n) is 12.3. The fourth-order valence-electron chi connectivity index (χ4n) is 6.16. The second kappa shape index (κ2) is 4.72. The van der Waals surface area contributed by atoms with Crippen molar-refractivity contribution in [3.63, 3.8) is 0 Å². The third kappa shape index (κ3) is 2.01. The SMILES string of the molecule is O=C(NC1CCCC1CO)C12CC3CC(CC(C3)C1)C2. The molecule has 0 aromatic heterocycles. The number of nitrogens with one attached hydrogen (secondary N) is 1. The summed E-state index contributed by atoms with van der Waals surface area (Å²) in [7, 11) is 0. The molecular formula is C17H27NO2. The van der Waals surface area contributed by atoms with Gasteiger partial charge in [-0.2, -0.15) is 0 Å². The number of aliphatic hydroxyl groups excluding tert-OH is 1. The van der Waals surface area contributed by atoms with E-state index in [9.17, 15) is 9.90 Å². The van der Waals surface area contributed by atoms with Crippen molar-refractivity contribution in [2.45, 2.75) is 63.8 Å². The number of carbonyl (C=O) groups excluding carboxylic acids is 1. The molecule has 5 saturated carbocycles. The van der Waals surface area contributed by atoms with Crippen molar-refractivity contribution in [3.8, 4) is 0 Å². The molecule has 5 rings (SSSR count). The molecule has 5 fully saturated rings. The fraction of sp³-hybridized carbons (Fsp3) is 0.941. The van der Waals surface area contributed by atoms with Crippen molar-refractivity contribution >= 4 is 5.91 Å². The molecule has 0 aliphatic heterocycles. The largest absolute Gasteiger partial charge is 0.396 e. The lowest BCUT2D eigenvalue weighted by atomic mass is 9.49. The average Bonchev–Trinajstić information content (AvgIpc) is 2.84. The van der Waals surface area contributed by atoms with Gasteiger partial charge in [-0.15, -0.1) is 0 Å². The van der Waals surface area contributed by atoms with Gasteiger partial charge in [0.15, 0.2) is 0 Å². The molecule has 1 amide bonds. The van der Waals surface area contributed by atoms with Crippen molar-refractivity contribution in [1.29, 1.82) is 0 Å². The van der Waals surface area contributed by atoms with Crippen molar-refractivity contribution in [2.24, 2.45) is 29.1 Å². The predicted molar refractivity (Wildman–Crippen MR) is 77.0 cm³/mol. The summed E-state index contributed by atoms with van der Waals surface area (Å²) in [4.78, 5) is 12.9. The summed E-state index contributed by atoms with van der Waals surface area (Å²) >= 11 is 0. The first kappa shape index (κ1) is 13.1. The molecule has 5 aliphatic rings. The van der Waals surface area contributed by atoms with Crippen molar-refractivity contribution in [2.75, 3.05) is 6.61 Å². The first-order valence-corrected chi connectivity index (χ1v) is 8.60. The van der Waals surface area contributed by atoms with Crippen LogP contribution in [0, 0.1) is 29.1 Å². The maximum Gasteiger partial charge on any atom is 0.226 e. The van der Waals surface area contributed by atoms with E-state index in [0.717, 1.165) is 56.3 Å². The number of hydrogen-bond donors (Lipinski definition) is 2. The van der Waals surface area contributed by atoms with Crippen LogP contribution in [0.3, 0.4) is 0 Å². The Bertz CT molecular complexity index is 371. The highest BCUT2D eigenvalue weighted by molar-refractivity contribution is 5.83. The van der Waals surface area contributed by atoms with Crippen LogP contribution >= 0.6 is 0 Å². The van der Waals surface area contributed by atoms with Gasteiger partial charge in [0, 0.05) is 24.0 Å². The van der Waals surface area contributed by atoms with E-state index in [2.05, 4.69) is 5.32 Å². The lowest BCUT2D eigenvalue weighted by Crippen LogP contribution is -2.55. The zero-order valence-corrected chi connectivity index (χ0v) is 12.3. The molecule has 0 aromatic rings. The van der Waals surface area contributed by atoms with E-state index in [-0.39, 0.29) is 18.1 Å². The summed E-state index contributed by atoms with van der Waals surface area (Å²) in [6.07, 6.45) is 10.9. The highest BCUT2D eigenvalue weighted by atomic mass is 16.3. The molecule has 4 bridgehead atoms. The Balaban J connectivity index is 1.48. The van der Waals surface area contributed by atoms with E-state index in [1.165, 1.54) is 19.3 Å². The summed E-state index contributed by atoms with van der Waals surface area (Å²) in [5, 5.41) is 12.8. The number of hydrogen-bond acceptors (Lipinski definition) is 2. The first-order chi connectivity index (χ1) is 9.68. The Morgan fingerprint density at radius 1 is 1.05 bits per heavy atom.